The van der Waals surface area contributed by atoms with Crippen molar-refractivity contribution < 1.29 is 19.4 Å². The highest BCUT2D eigenvalue weighted by Gasteiger charge is 2.18. The molecule has 0 radical (unpaired) electrons. The van der Waals surface area contributed by atoms with Crippen LogP contribution in [-0.4, -0.2) is 64.4 Å². The number of imidazole rings is 1. The summed E-state index contributed by atoms with van der Waals surface area (Å²) in [4.78, 5) is 23.1. The largest absolute Gasteiger partial charge is 0.493 e. The van der Waals surface area contributed by atoms with E-state index in [1.807, 2.05) is 18.2 Å². The lowest BCUT2D eigenvalue weighted by Crippen LogP contribution is -2.20. The molecule has 0 atom stereocenters. The molecule has 0 saturated carbocycles. The summed E-state index contributed by atoms with van der Waals surface area (Å²) in [6.07, 6.45) is 6.07. The molecule has 0 unspecified atom stereocenters. The third-order valence-electron chi connectivity index (χ3n) is 5.78. The van der Waals surface area contributed by atoms with E-state index in [4.69, 9.17) is 14.5 Å². The normalized spacial score (nSPS) is 14.3. The number of nitrogens with zero attached hydrogens (tertiary/aromatic N) is 4. The number of aromatic nitrogens is 3. The molecule has 0 amide bonds. The zero-order chi connectivity index (χ0) is 21.8. The first kappa shape index (κ1) is 21.1. The van der Waals surface area contributed by atoms with Crippen LogP contribution in [0.3, 0.4) is 0 Å². The second-order valence-corrected chi connectivity index (χ2v) is 7.78. The van der Waals surface area contributed by atoms with Crippen molar-refractivity contribution in [3.05, 3.63) is 36.0 Å². The van der Waals surface area contributed by atoms with E-state index in [1.54, 1.807) is 20.3 Å². The van der Waals surface area contributed by atoms with Crippen molar-refractivity contribution in [3.8, 4) is 22.9 Å². The highest BCUT2D eigenvalue weighted by molar-refractivity contribution is 5.91. The number of unbranched alkanes of at least 4 members (excludes halogenated alkanes) is 1. The van der Waals surface area contributed by atoms with Crippen LogP contribution in [0.5, 0.6) is 11.5 Å². The molecule has 8 heteroatoms. The Morgan fingerprint density at radius 3 is 2.52 bits per heavy atom. The van der Waals surface area contributed by atoms with Gasteiger partial charge in [0.1, 0.15) is 11.3 Å². The molecule has 3 aromatic rings. The van der Waals surface area contributed by atoms with Gasteiger partial charge in [-0.05, 0) is 69.6 Å². The number of fused-ring (bicyclic) bond motifs is 1. The highest BCUT2D eigenvalue weighted by Crippen LogP contribution is 2.33. The number of carboxylic acids is 1. The van der Waals surface area contributed by atoms with Crippen LogP contribution in [0, 0.1) is 0 Å². The summed E-state index contributed by atoms with van der Waals surface area (Å²) in [7, 11) is 3.20. The fourth-order valence-electron chi connectivity index (χ4n) is 4.15. The van der Waals surface area contributed by atoms with Gasteiger partial charge in [-0.2, -0.15) is 0 Å². The van der Waals surface area contributed by atoms with Crippen LogP contribution in [0.25, 0.3) is 22.6 Å². The Hall–Kier alpha value is -3.13. The predicted molar refractivity (Wildman–Crippen MR) is 118 cm³/mol. The number of ether oxygens (including phenoxy) is 2. The highest BCUT2D eigenvalue weighted by atomic mass is 16.5. The molecular weight excluding hydrogens is 396 g/mol. The van der Waals surface area contributed by atoms with Crippen molar-refractivity contribution in [1.29, 1.82) is 0 Å². The van der Waals surface area contributed by atoms with Crippen molar-refractivity contribution >= 4 is 17.1 Å². The van der Waals surface area contributed by atoms with Gasteiger partial charge in [-0.3, -0.25) is 0 Å². The second-order valence-electron chi connectivity index (χ2n) is 7.78. The Bertz CT molecular complexity index is 1070. The molecule has 1 aliphatic rings. The first-order valence-corrected chi connectivity index (χ1v) is 10.6. The number of rotatable bonds is 9. The zero-order valence-corrected chi connectivity index (χ0v) is 18.0. The summed E-state index contributed by atoms with van der Waals surface area (Å²) in [5.74, 6) is 0.993. The van der Waals surface area contributed by atoms with Gasteiger partial charge < -0.3 is 24.0 Å². The van der Waals surface area contributed by atoms with Crippen LogP contribution in [0.1, 0.15) is 36.0 Å². The third-order valence-corrected chi connectivity index (χ3v) is 5.78. The van der Waals surface area contributed by atoms with E-state index in [1.165, 1.54) is 32.1 Å². The van der Waals surface area contributed by atoms with E-state index >= 15 is 0 Å². The van der Waals surface area contributed by atoms with E-state index in [0.717, 1.165) is 37.3 Å². The van der Waals surface area contributed by atoms with Crippen LogP contribution >= 0.6 is 0 Å². The summed E-state index contributed by atoms with van der Waals surface area (Å²) in [6.45, 7) is 4.26. The van der Waals surface area contributed by atoms with E-state index in [2.05, 4.69) is 14.5 Å². The van der Waals surface area contributed by atoms with Gasteiger partial charge in [0.25, 0.3) is 0 Å². The van der Waals surface area contributed by atoms with Gasteiger partial charge in [0.05, 0.1) is 19.8 Å². The number of likely N-dealkylation sites (tertiary alicyclic amines) is 1. The molecule has 0 aliphatic carbocycles. The minimum atomic E-state index is -1.01. The van der Waals surface area contributed by atoms with Gasteiger partial charge in [-0.15, -0.1) is 0 Å². The molecule has 164 valence electrons. The molecule has 0 bridgehead atoms. The first-order chi connectivity index (χ1) is 15.1. The number of carboxylic acid groups (broad SMARTS) is 1. The van der Waals surface area contributed by atoms with Crippen LogP contribution in [-0.2, 0) is 6.54 Å². The van der Waals surface area contributed by atoms with Crippen molar-refractivity contribution in [3.63, 3.8) is 0 Å². The Morgan fingerprint density at radius 1 is 1.06 bits per heavy atom. The number of hydrogen-bond acceptors (Lipinski definition) is 6. The van der Waals surface area contributed by atoms with Crippen molar-refractivity contribution in [2.45, 2.75) is 32.2 Å². The average Bonchev–Trinajstić information content (AvgIpc) is 3.43. The fourth-order valence-corrected chi connectivity index (χ4v) is 4.15. The van der Waals surface area contributed by atoms with Crippen LogP contribution in [0.15, 0.2) is 30.5 Å². The molecule has 8 nitrogen and oxygen atoms in total. The van der Waals surface area contributed by atoms with Crippen molar-refractivity contribution in [2.75, 3.05) is 33.9 Å². The minimum Gasteiger partial charge on any atom is -0.493 e. The van der Waals surface area contributed by atoms with E-state index in [-0.39, 0.29) is 5.56 Å². The topological polar surface area (TPSA) is 89.7 Å². The molecule has 2 aromatic heterocycles. The van der Waals surface area contributed by atoms with Gasteiger partial charge >= 0.3 is 5.97 Å². The molecule has 3 heterocycles. The van der Waals surface area contributed by atoms with Crippen molar-refractivity contribution in [1.82, 2.24) is 19.4 Å². The van der Waals surface area contributed by atoms with Gasteiger partial charge in [0, 0.05) is 18.3 Å². The zero-order valence-electron chi connectivity index (χ0n) is 18.0. The monoisotopic (exact) mass is 424 g/mol. The fraction of sp³-hybridized carbons (Fsp3) is 0.435. The van der Waals surface area contributed by atoms with Gasteiger partial charge in [-0.25, -0.2) is 14.8 Å². The number of carbonyl (C=O) groups is 1. The van der Waals surface area contributed by atoms with Crippen LogP contribution in [0.4, 0.5) is 0 Å². The smallest absolute Gasteiger partial charge is 0.337 e. The average molecular weight is 425 g/mol. The standard InChI is InChI=1S/C23H28N4O4/c1-30-19-8-7-16(14-20(19)31-2)21-25-18-13-17(23(28)29)15-24-22(18)27(21)12-6-5-11-26-9-3-4-10-26/h7-8,13-15H,3-6,9-12H2,1-2H3,(H,28,29). The SMILES string of the molecule is COc1ccc(-c2nc3cc(C(=O)O)cnc3n2CCCCN2CCCC2)cc1OC. The second kappa shape index (κ2) is 9.34. The Kier molecular flexibility index (Phi) is 6.36. The minimum absolute atomic E-state index is 0.130. The number of pyridine rings is 1. The van der Waals surface area contributed by atoms with Gasteiger partial charge in [-0.1, -0.05) is 0 Å². The van der Waals surface area contributed by atoms with E-state index in [9.17, 15) is 9.90 Å². The summed E-state index contributed by atoms with van der Waals surface area (Å²) >= 11 is 0. The Morgan fingerprint density at radius 2 is 1.81 bits per heavy atom. The molecule has 1 N–H and O–H groups in total. The van der Waals surface area contributed by atoms with E-state index in [0.29, 0.717) is 22.7 Å². The number of aromatic carboxylic acids is 1. The lowest BCUT2D eigenvalue weighted by atomic mass is 10.2. The lowest BCUT2D eigenvalue weighted by Gasteiger charge is -2.15. The first-order valence-electron chi connectivity index (χ1n) is 10.6. The molecule has 1 aliphatic heterocycles. The number of hydrogen-bond donors (Lipinski definition) is 1. The third kappa shape index (κ3) is 4.49. The summed E-state index contributed by atoms with van der Waals surface area (Å²) in [6, 6.07) is 7.25. The maximum Gasteiger partial charge on any atom is 0.337 e. The quantitative estimate of drug-likeness (QED) is 0.524. The van der Waals surface area contributed by atoms with E-state index < -0.39 is 5.97 Å². The molecule has 1 aromatic carbocycles. The van der Waals surface area contributed by atoms with Crippen LogP contribution in [0.2, 0.25) is 0 Å². The molecular formula is C23H28N4O4. The molecule has 1 saturated heterocycles. The number of methoxy groups -OCH3 is 2. The molecule has 31 heavy (non-hydrogen) atoms. The number of benzene rings is 1. The molecule has 1 fully saturated rings. The van der Waals surface area contributed by atoms with Crippen molar-refractivity contribution in [2.24, 2.45) is 0 Å². The maximum absolute atomic E-state index is 11.4. The van der Waals surface area contributed by atoms with Crippen LogP contribution < -0.4 is 9.47 Å². The summed E-state index contributed by atoms with van der Waals surface area (Å²) in [5, 5.41) is 9.33. The summed E-state index contributed by atoms with van der Waals surface area (Å²) < 4.78 is 12.9. The summed E-state index contributed by atoms with van der Waals surface area (Å²) in [5.41, 5.74) is 2.26. The predicted octanol–water partition coefficient (Wildman–Crippen LogP) is 3.69. The maximum atomic E-state index is 11.4. The Balaban J connectivity index is 1.66. The molecule has 0 spiro atoms. The Labute approximate surface area is 181 Å². The number of aryl methyl sites for hydroxylation is 1. The van der Waals surface area contributed by atoms with Gasteiger partial charge in [0.15, 0.2) is 17.1 Å². The lowest BCUT2D eigenvalue weighted by molar-refractivity contribution is 0.0696. The molecule has 4 rings (SSSR count). The van der Waals surface area contributed by atoms with Gasteiger partial charge in [0.2, 0.25) is 0 Å².